The lowest BCUT2D eigenvalue weighted by molar-refractivity contribution is -0.138. The van der Waals surface area contributed by atoms with E-state index in [0.29, 0.717) is 24.4 Å². The van der Waals surface area contributed by atoms with Crippen LogP contribution < -0.4 is 10.5 Å². The van der Waals surface area contributed by atoms with E-state index < -0.39 is 0 Å². The van der Waals surface area contributed by atoms with Gasteiger partial charge in [-0.05, 0) is 69.1 Å². The van der Waals surface area contributed by atoms with Crippen LogP contribution in [-0.4, -0.2) is 58.9 Å². The second-order valence-corrected chi connectivity index (χ2v) is 11.1. The number of piperidine rings is 1. The third kappa shape index (κ3) is 5.27. The number of carbonyl (C=O) groups is 2. The minimum Gasteiger partial charge on any atom is -0.489 e. The molecule has 190 valence electrons. The molecule has 2 aliphatic rings. The standard InChI is InChI=1S/C27H31ClN4O3S/c1-17-13-18(28)14-22(26(17)35-19-6-11-31(12-7-19)10-2-8-29)21-5-9-30-23-15-20(36-27(21)23)16-32-24(33)3-4-25(32)34/h5,9,13-15,19H,2-4,6-8,10-12,16,29H2,1H3. The van der Waals surface area contributed by atoms with Crippen molar-refractivity contribution in [2.45, 2.75) is 51.7 Å². The Morgan fingerprint density at radius 2 is 1.89 bits per heavy atom. The molecular formula is C27H31ClN4O3S. The Bertz CT molecular complexity index is 1270. The third-order valence-corrected chi connectivity index (χ3v) is 8.32. The molecular weight excluding hydrogens is 496 g/mol. The SMILES string of the molecule is Cc1cc(Cl)cc(-c2ccnc3cc(CN4C(=O)CCC4=O)sc23)c1OC1CCN(CCCN)CC1. The molecule has 0 unspecified atom stereocenters. The van der Waals surface area contributed by atoms with Crippen LogP contribution >= 0.6 is 22.9 Å². The van der Waals surface area contributed by atoms with E-state index in [2.05, 4.69) is 9.88 Å². The molecule has 2 aliphatic heterocycles. The number of likely N-dealkylation sites (tertiary alicyclic amines) is 2. The number of amides is 2. The van der Waals surface area contributed by atoms with Gasteiger partial charge in [-0.15, -0.1) is 11.3 Å². The van der Waals surface area contributed by atoms with Crippen molar-refractivity contribution in [1.82, 2.24) is 14.8 Å². The molecule has 5 rings (SSSR count). The number of benzene rings is 1. The fraction of sp³-hybridized carbons (Fsp3) is 0.444. The number of nitrogens with two attached hydrogens (primary N) is 1. The molecule has 7 nitrogen and oxygen atoms in total. The number of carbonyl (C=O) groups excluding carboxylic acids is 2. The van der Waals surface area contributed by atoms with Gasteiger partial charge in [0, 0.05) is 53.2 Å². The Kier molecular flexibility index (Phi) is 7.57. The highest BCUT2D eigenvalue weighted by atomic mass is 35.5. The van der Waals surface area contributed by atoms with Crippen LogP contribution in [0.3, 0.4) is 0 Å². The molecule has 2 saturated heterocycles. The van der Waals surface area contributed by atoms with Gasteiger partial charge in [0.05, 0.1) is 16.8 Å². The smallest absolute Gasteiger partial charge is 0.230 e. The number of pyridine rings is 1. The van der Waals surface area contributed by atoms with Crippen molar-refractivity contribution in [3.05, 3.63) is 45.9 Å². The van der Waals surface area contributed by atoms with E-state index in [-0.39, 0.29) is 17.9 Å². The molecule has 9 heteroatoms. The summed E-state index contributed by atoms with van der Waals surface area (Å²) in [5.41, 5.74) is 9.45. The highest BCUT2D eigenvalue weighted by molar-refractivity contribution is 7.19. The first-order valence-corrected chi connectivity index (χ1v) is 13.7. The monoisotopic (exact) mass is 526 g/mol. The van der Waals surface area contributed by atoms with Crippen LogP contribution in [0.1, 0.15) is 42.5 Å². The van der Waals surface area contributed by atoms with Crippen molar-refractivity contribution in [1.29, 1.82) is 0 Å². The highest BCUT2D eigenvalue weighted by Crippen LogP contribution is 2.42. The van der Waals surface area contributed by atoms with E-state index >= 15 is 0 Å². The first-order chi connectivity index (χ1) is 17.4. The van der Waals surface area contributed by atoms with Gasteiger partial charge >= 0.3 is 0 Å². The summed E-state index contributed by atoms with van der Waals surface area (Å²) in [6.45, 7) is 6.10. The minimum atomic E-state index is -0.110. The molecule has 2 fully saturated rings. The average molecular weight is 527 g/mol. The Labute approximate surface area is 220 Å². The Morgan fingerprint density at radius 3 is 2.61 bits per heavy atom. The van der Waals surface area contributed by atoms with Gasteiger partial charge in [0.2, 0.25) is 11.8 Å². The normalized spacial score (nSPS) is 17.5. The number of aromatic nitrogens is 1. The van der Waals surface area contributed by atoms with E-state index in [9.17, 15) is 9.59 Å². The molecule has 0 bridgehead atoms. The predicted octanol–water partition coefficient (Wildman–Crippen LogP) is 4.77. The summed E-state index contributed by atoms with van der Waals surface area (Å²) in [5, 5.41) is 0.654. The van der Waals surface area contributed by atoms with Crippen molar-refractivity contribution < 1.29 is 14.3 Å². The topological polar surface area (TPSA) is 88.8 Å². The van der Waals surface area contributed by atoms with E-state index in [1.54, 1.807) is 17.5 Å². The fourth-order valence-corrected chi connectivity index (χ4v) is 6.45. The van der Waals surface area contributed by atoms with Crippen LogP contribution in [0.25, 0.3) is 21.3 Å². The number of nitrogens with zero attached hydrogens (tertiary/aromatic N) is 3. The minimum absolute atomic E-state index is 0.110. The van der Waals surface area contributed by atoms with Crippen molar-refractivity contribution in [2.75, 3.05) is 26.2 Å². The van der Waals surface area contributed by atoms with E-state index in [4.69, 9.17) is 22.1 Å². The van der Waals surface area contributed by atoms with Crippen molar-refractivity contribution in [3.8, 4) is 16.9 Å². The van der Waals surface area contributed by atoms with E-state index in [0.717, 1.165) is 83.0 Å². The number of halogens is 1. The maximum Gasteiger partial charge on any atom is 0.230 e. The van der Waals surface area contributed by atoms with Crippen LogP contribution in [-0.2, 0) is 16.1 Å². The molecule has 0 spiro atoms. The molecule has 2 N–H and O–H groups in total. The number of fused-ring (bicyclic) bond motifs is 1. The summed E-state index contributed by atoms with van der Waals surface area (Å²) in [4.78, 5) is 33.5. The van der Waals surface area contributed by atoms with E-state index in [1.165, 1.54) is 4.90 Å². The molecule has 0 aliphatic carbocycles. The zero-order valence-corrected chi connectivity index (χ0v) is 22.0. The molecule has 2 aromatic heterocycles. The van der Waals surface area contributed by atoms with Crippen LogP contribution in [0.2, 0.25) is 5.02 Å². The second-order valence-electron chi connectivity index (χ2n) is 9.56. The number of thiophene rings is 1. The number of hydrogen-bond acceptors (Lipinski definition) is 7. The molecule has 0 atom stereocenters. The quantitative estimate of drug-likeness (QED) is 0.425. The first-order valence-electron chi connectivity index (χ1n) is 12.5. The fourth-order valence-electron chi connectivity index (χ4n) is 5.05. The molecule has 3 aromatic rings. The second kappa shape index (κ2) is 10.8. The van der Waals surface area contributed by atoms with Gasteiger partial charge in [-0.1, -0.05) is 11.6 Å². The number of ether oxygens (including phenoxy) is 1. The summed E-state index contributed by atoms with van der Waals surface area (Å²) in [5.74, 6) is 0.633. The predicted molar refractivity (Wildman–Crippen MR) is 143 cm³/mol. The van der Waals surface area contributed by atoms with Gasteiger partial charge in [0.15, 0.2) is 0 Å². The number of hydrogen-bond donors (Lipinski definition) is 1. The summed E-state index contributed by atoms with van der Waals surface area (Å²) < 4.78 is 7.64. The lowest BCUT2D eigenvalue weighted by Crippen LogP contribution is -2.39. The van der Waals surface area contributed by atoms with Crippen LogP contribution in [0, 0.1) is 6.92 Å². The molecule has 1 aromatic carbocycles. The number of rotatable bonds is 8. The average Bonchev–Trinajstić information content (AvgIpc) is 3.43. The Morgan fingerprint density at radius 1 is 1.14 bits per heavy atom. The summed E-state index contributed by atoms with van der Waals surface area (Å²) in [7, 11) is 0. The largest absolute Gasteiger partial charge is 0.489 e. The molecule has 4 heterocycles. The van der Waals surface area contributed by atoms with Gasteiger partial charge in [0.1, 0.15) is 11.9 Å². The maximum atomic E-state index is 12.1. The van der Waals surface area contributed by atoms with Crippen LogP contribution in [0.4, 0.5) is 0 Å². The lowest BCUT2D eigenvalue weighted by Gasteiger charge is -2.33. The molecule has 2 amide bonds. The number of aryl methyl sites for hydroxylation is 1. The van der Waals surface area contributed by atoms with Crippen molar-refractivity contribution in [3.63, 3.8) is 0 Å². The highest BCUT2D eigenvalue weighted by Gasteiger charge is 2.29. The van der Waals surface area contributed by atoms with Gasteiger partial charge in [0.25, 0.3) is 0 Å². The lowest BCUT2D eigenvalue weighted by atomic mass is 10.0. The maximum absolute atomic E-state index is 12.1. The zero-order valence-electron chi connectivity index (χ0n) is 20.5. The van der Waals surface area contributed by atoms with Gasteiger partial charge in [-0.3, -0.25) is 19.5 Å². The first kappa shape index (κ1) is 25.1. The third-order valence-electron chi connectivity index (χ3n) is 6.96. The summed E-state index contributed by atoms with van der Waals surface area (Å²) >= 11 is 8.08. The van der Waals surface area contributed by atoms with Gasteiger partial charge in [-0.2, -0.15) is 0 Å². The summed E-state index contributed by atoms with van der Waals surface area (Å²) in [6.07, 6.45) is 5.48. The Hall–Kier alpha value is -2.52. The van der Waals surface area contributed by atoms with Gasteiger partial charge in [-0.25, -0.2) is 0 Å². The zero-order chi connectivity index (χ0) is 25.2. The van der Waals surface area contributed by atoms with Crippen LogP contribution in [0.15, 0.2) is 30.5 Å². The van der Waals surface area contributed by atoms with Gasteiger partial charge < -0.3 is 15.4 Å². The van der Waals surface area contributed by atoms with Crippen molar-refractivity contribution in [2.24, 2.45) is 5.73 Å². The van der Waals surface area contributed by atoms with E-state index in [1.807, 2.05) is 31.2 Å². The molecule has 0 saturated carbocycles. The molecule has 0 radical (unpaired) electrons. The van der Waals surface area contributed by atoms with Crippen LogP contribution in [0.5, 0.6) is 5.75 Å². The Balaban J connectivity index is 1.43. The number of imide groups is 1. The summed E-state index contributed by atoms with van der Waals surface area (Å²) in [6, 6.07) is 7.86. The van der Waals surface area contributed by atoms with Crippen molar-refractivity contribution >= 4 is 45.0 Å². The molecule has 36 heavy (non-hydrogen) atoms.